The van der Waals surface area contributed by atoms with Crippen LogP contribution in [0.2, 0.25) is 0 Å². The summed E-state index contributed by atoms with van der Waals surface area (Å²) in [5.74, 6) is 1.30. The molecular formula is C13H20N2O2. The van der Waals surface area contributed by atoms with Crippen LogP contribution < -0.4 is 0 Å². The SMILES string of the molecule is CCC1CN(Cc2ccc(C=O)o2)CCN1C. The summed E-state index contributed by atoms with van der Waals surface area (Å²) in [5.41, 5.74) is 0. The van der Waals surface area contributed by atoms with Crippen molar-refractivity contribution in [3.63, 3.8) is 0 Å². The molecule has 1 aromatic rings. The van der Waals surface area contributed by atoms with E-state index >= 15 is 0 Å². The Balaban J connectivity index is 1.93. The smallest absolute Gasteiger partial charge is 0.185 e. The molecule has 2 rings (SSSR count). The summed E-state index contributed by atoms with van der Waals surface area (Å²) in [6.45, 7) is 6.26. The summed E-state index contributed by atoms with van der Waals surface area (Å²) in [5, 5.41) is 0. The van der Waals surface area contributed by atoms with Crippen molar-refractivity contribution in [2.45, 2.75) is 25.9 Å². The van der Waals surface area contributed by atoms with E-state index in [0.29, 0.717) is 11.8 Å². The van der Waals surface area contributed by atoms with Gasteiger partial charge in [-0.25, -0.2) is 0 Å². The van der Waals surface area contributed by atoms with Crippen LogP contribution in [0.1, 0.15) is 29.7 Å². The predicted octanol–water partition coefficient (Wildman–Crippen LogP) is 1.62. The quantitative estimate of drug-likeness (QED) is 0.744. The summed E-state index contributed by atoms with van der Waals surface area (Å²) >= 11 is 0. The number of carbonyl (C=O) groups is 1. The summed E-state index contributed by atoms with van der Waals surface area (Å²) < 4.78 is 5.41. The van der Waals surface area contributed by atoms with E-state index in [4.69, 9.17) is 4.42 Å². The lowest BCUT2D eigenvalue weighted by Gasteiger charge is -2.38. The average molecular weight is 236 g/mol. The van der Waals surface area contributed by atoms with Crippen molar-refractivity contribution in [2.75, 3.05) is 26.7 Å². The van der Waals surface area contributed by atoms with E-state index in [1.54, 1.807) is 6.07 Å². The maximum atomic E-state index is 10.5. The van der Waals surface area contributed by atoms with Gasteiger partial charge in [-0.2, -0.15) is 0 Å². The van der Waals surface area contributed by atoms with Crippen molar-refractivity contribution >= 4 is 6.29 Å². The molecule has 0 bridgehead atoms. The number of piperazine rings is 1. The molecule has 1 aliphatic rings. The zero-order valence-electron chi connectivity index (χ0n) is 10.6. The fraction of sp³-hybridized carbons (Fsp3) is 0.615. The lowest BCUT2D eigenvalue weighted by atomic mass is 10.1. The summed E-state index contributed by atoms with van der Waals surface area (Å²) in [7, 11) is 2.18. The minimum atomic E-state index is 0.418. The van der Waals surface area contributed by atoms with Gasteiger partial charge in [-0.1, -0.05) is 6.92 Å². The number of aldehydes is 1. The molecule has 1 aliphatic heterocycles. The molecule has 0 saturated carbocycles. The molecule has 0 aliphatic carbocycles. The summed E-state index contributed by atoms with van der Waals surface area (Å²) in [4.78, 5) is 15.3. The van der Waals surface area contributed by atoms with E-state index in [2.05, 4.69) is 23.8 Å². The molecule has 1 aromatic heterocycles. The molecule has 2 heterocycles. The van der Waals surface area contributed by atoms with E-state index in [0.717, 1.165) is 38.2 Å². The molecule has 4 heteroatoms. The van der Waals surface area contributed by atoms with Crippen molar-refractivity contribution in [3.8, 4) is 0 Å². The van der Waals surface area contributed by atoms with Crippen LogP contribution in [0.25, 0.3) is 0 Å². The van der Waals surface area contributed by atoms with Gasteiger partial charge in [-0.3, -0.25) is 9.69 Å². The number of rotatable bonds is 4. The minimum absolute atomic E-state index is 0.418. The molecule has 0 aromatic carbocycles. The second-order valence-electron chi connectivity index (χ2n) is 4.70. The van der Waals surface area contributed by atoms with Gasteiger partial charge in [0.2, 0.25) is 0 Å². The topological polar surface area (TPSA) is 36.7 Å². The van der Waals surface area contributed by atoms with Crippen molar-refractivity contribution in [2.24, 2.45) is 0 Å². The second-order valence-corrected chi connectivity index (χ2v) is 4.70. The third kappa shape index (κ3) is 2.96. The second kappa shape index (κ2) is 5.47. The van der Waals surface area contributed by atoms with Crippen LogP contribution in [-0.2, 0) is 6.54 Å². The Morgan fingerprint density at radius 2 is 2.29 bits per heavy atom. The Labute approximate surface area is 102 Å². The van der Waals surface area contributed by atoms with Crippen LogP contribution in [-0.4, -0.2) is 48.8 Å². The Kier molecular flexibility index (Phi) is 3.97. The van der Waals surface area contributed by atoms with Gasteiger partial charge in [0.1, 0.15) is 5.76 Å². The van der Waals surface area contributed by atoms with Gasteiger partial charge in [0, 0.05) is 25.7 Å². The van der Waals surface area contributed by atoms with Crippen LogP contribution in [0.3, 0.4) is 0 Å². The van der Waals surface area contributed by atoms with Gasteiger partial charge in [0.15, 0.2) is 12.0 Å². The van der Waals surface area contributed by atoms with Crippen molar-refractivity contribution < 1.29 is 9.21 Å². The van der Waals surface area contributed by atoms with Crippen molar-refractivity contribution in [1.82, 2.24) is 9.80 Å². The molecule has 1 saturated heterocycles. The van der Waals surface area contributed by atoms with Crippen LogP contribution >= 0.6 is 0 Å². The molecule has 0 spiro atoms. The molecule has 1 atom stereocenters. The highest BCUT2D eigenvalue weighted by Gasteiger charge is 2.23. The van der Waals surface area contributed by atoms with Gasteiger partial charge in [0.25, 0.3) is 0 Å². The largest absolute Gasteiger partial charge is 0.457 e. The van der Waals surface area contributed by atoms with Gasteiger partial charge >= 0.3 is 0 Å². The lowest BCUT2D eigenvalue weighted by molar-refractivity contribution is 0.0830. The van der Waals surface area contributed by atoms with Gasteiger partial charge < -0.3 is 9.32 Å². The third-order valence-electron chi connectivity index (χ3n) is 3.51. The first-order chi connectivity index (χ1) is 8.22. The Morgan fingerprint density at radius 3 is 2.94 bits per heavy atom. The van der Waals surface area contributed by atoms with Gasteiger partial charge in [-0.15, -0.1) is 0 Å². The van der Waals surface area contributed by atoms with E-state index in [1.807, 2.05) is 6.07 Å². The van der Waals surface area contributed by atoms with Crippen LogP contribution in [0.5, 0.6) is 0 Å². The first-order valence-corrected chi connectivity index (χ1v) is 6.19. The van der Waals surface area contributed by atoms with Crippen molar-refractivity contribution in [1.29, 1.82) is 0 Å². The lowest BCUT2D eigenvalue weighted by Crippen LogP contribution is -2.50. The van der Waals surface area contributed by atoms with Gasteiger partial charge in [-0.05, 0) is 25.6 Å². The molecule has 0 amide bonds. The number of furan rings is 1. The monoisotopic (exact) mass is 236 g/mol. The standard InChI is InChI=1S/C13H20N2O2/c1-3-11-8-15(7-6-14(11)2)9-12-4-5-13(10-16)17-12/h4-5,10-11H,3,6-9H2,1-2H3. The fourth-order valence-electron chi connectivity index (χ4n) is 2.36. The molecule has 17 heavy (non-hydrogen) atoms. The molecule has 0 N–H and O–H groups in total. The van der Waals surface area contributed by atoms with E-state index in [-0.39, 0.29) is 0 Å². The Hall–Kier alpha value is -1.13. The Bertz CT molecular complexity index is 375. The average Bonchev–Trinajstić information content (AvgIpc) is 2.79. The minimum Gasteiger partial charge on any atom is -0.457 e. The maximum Gasteiger partial charge on any atom is 0.185 e. The Morgan fingerprint density at radius 1 is 1.47 bits per heavy atom. The summed E-state index contributed by atoms with van der Waals surface area (Å²) in [6.07, 6.45) is 1.92. The molecule has 1 fully saturated rings. The molecule has 1 unspecified atom stereocenters. The number of likely N-dealkylation sites (N-methyl/N-ethyl adjacent to an activating group) is 1. The molecular weight excluding hydrogens is 216 g/mol. The number of carbonyl (C=O) groups excluding carboxylic acids is 1. The maximum absolute atomic E-state index is 10.5. The third-order valence-corrected chi connectivity index (χ3v) is 3.51. The number of nitrogens with zero attached hydrogens (tertiary/aromatic N) is 2. The van der Waals surface area contributed by atoms with Gasteiger partial charge in [0.05, 0.1) is 6.54 Å². The molecule has 0 radical (unpaired) electrons. The van der Waals surface area contributed by atoms with E-state index in [9.17, 15) is 4.79 Å². The molecule has 94 valence electrons. The highest BCUT2D eigenvalue weighted by atomic mass is 16.3. The zero-order valence-corrected chi connectivity index (χ0v) is 10.6. The molecule has 4 nitrogen and oxygen atoms in total. The van der Waals surface area contributed by atoms with Crippen molar-refractivity contribution in [3.05, 3.63) is 23.7 Å². The highest BCUT2D eigenvalue weighted by Crippen LogP contribution is 2.15. The normalized spacial score (nSPS) is 22.8. The first-order valence-electron chi connectivity index (χ1n) is 6.19. The highest BCUT2D eigenvalue weighted by molar-refractivity contribution is 5.70. The fourth-order valence-corrected chi connectivity index (χ4v) is 2.36. The van der Waals surface area contributed by atoms with E-state index < -0.39 is 0 Å². The summed E-state index contributed by atoms with van der Waals surface area (Å²) in [6, 6.07) is 4.25. The zero-order chi connectivity index (χ0) is 12.3. The van der Waals surface area contributed by atoms with E-state index in [1.165, 1.54) is 6.42 Å². The predicted molar refractivity (Wildman–Crippen MR) is 66.1 cm³/mol. The van der Waals surface area contributed by atoms with Crippen LogP contribution in [0, 0.1) is 0 Å². The first kappa shape index (κ1) is 12.3. The number of hydrogen-bond donors (Lipinski definition) is 0. The van der Waals surface area contributed by atoms with Crippen LogP contribution in [0.4, 0.5) is 0 Å². The van der Waals surface area contributed by atoms with Crippen LogP contribution in [0.15, 0.2) is 16.5 Å². The number of hydrogen-bond acceptors (Lipinski definition) is 4.